The summed E-state index contributed by atoms with van der Waals surface area (Å²) in [6, 6.07) is 7.28. The fraction of sp³-hybridized carbons (Fsp3) is 0.636. The van der Waals surface area contributed by atoms with E-state index in [9.17, 15) is 9.59 Å². The third-order valence-corrected chi connectivity index (χ3v) is 7.26. The topological polar surface area (TPSA) is 71.1 Å². The summed E-state index contributed by atoms with van der Waals surface area (Å²) in [5.41, 5.74) is 0.303. The van der Waals surface area contributed by atoms with Crippen molar-refractivity contribution in [3.63, 3.8) is 0 Å². The van der Waals surface area contributed by atoms with Crippen LogP contribution in [0, 0.1) is 10.8 Å². The molecular weight excluding hydrogens is 370 g/mol. The number of hydrogen-bond donors (Lipinski definition) is 1. The molecule has 3 fully saturated rings. The van der Waals surface area contributed by atoms with E-state index in [0.717, 1.165) is 51.2 Å². The van der Waals surface area contributed by atoms with Crippen molar-refractivity contribution < 1.29 is 19.1 Å². The van der Waals surface area contributed by atoms with Gasteiger partial charge in [-0.1, -0.05) is 0 Å². The van der Waals surface area contributed by atoms with E-state index in [4.69, 9.17) is 9.47 Å². The molecule has 1 aromatic rings. The lowest BCUT2D eigenvalue weighted by atomic mass is 9.60. The highest BCUT2D eigenvalue weighted by Gasteiger charge is 2.63. The van der Waals surface area contributed by atoms with E-state index in [1.807, 2.05) is 29.2 Å². The third-order valence-electron chi connectivity index (χ3n) is 7.26. The molecular formula is C22H31N3O4. The molecule has 29 heavy (non-hydrogen) atoms. The molecule has 7 heteroatoms. The number of likely N-dealkylation sites (tertiary alicyclic amines) is 2. The highest BCUT2D eigenvalue weighted by molar-refractivity contribution is 5.94. The number of hydrogen-bond acceptors (Lipinski definition) is 5. The van der Waals surface area contributed by atoms with E-state index >= 15 is 0 Å². The molecule has 0 aromatic heterocycles. The number of benzene rings is 1. The minimum absolute atomic E-state index is 0.0571. The second kappa shape index (κ2) is 7.95. The van der Waals surface area contributed by atoms with Gasteiger partial charge in [0.15, 0.2) is 0 Å². The molecule has 158 valence electrons. The monoisotopic (exact) mass is 401 g/mol. The molecule has 3 aliphatic heterocycles. The average Bonchev–Trinajstić information content (AvgIpc) is 3.27. The van der Waals surface area contributed by atoms with E-state index < -0.39 is 0 Å². The van der Waals surface area contributed by atoms with Crippen LogP contribution in [-0.2, 0) is 9.53 Å². The number of rotatable bonds is 5. The molecule has 0 bridgehead atoms. The van der Waals surface area contributed by atoms with E-state index in [1.165, 1.54) is 0 Å². The first-order chi connectivity index (χ1) is 14.0. The van der Waals surface area contributed by atoms with Gasteiger partial charge in [-0.25, -0.2) is 0 Å². The first-order valence-corrected chi connectivity index (χ1v) is 10.5. The molecule has 1 aromatic carbocycles. The minimum atomic E-state index is -0.323. The van der Waals surface area contributed by atoms with Crippen molar-refractivity contribution >= 4 is 11.8 Å². The Labute approximate surface area is 172 Å². The van der Waals surface area contributed by atoms with Gasteiger partial charge in [-0.3, -0.25) is 14.5 Å². The fourth-order valence-corrected chi connectivity index (χ4v) is 5.58. The summed E-state index contributed by atoms with van der Waals surface area (Å²) in [7, 11) is 3.33. The number of carbonyl (C=O) groups is 2. The van der Waals surface area contributed by atoms with Crippen molar-refractivity contribution in [2.24, 2.45) is 10.8 Å². The van der Waals surface area contributed by atoms with E-state index in [-0.39, 0.29) is 22.6 Å². The van der Waals surface area contributed by atoms with Crippen molar-refractivity contribution in [3.8, 4) is 5.75 Å². The van der Waals surface area contributed by atoms with Crippen LogP contribution in [0.3, 0.4) is 0 Å². The van der Waals surface area contributed by atoms with Crippen LogP contribution in [0.15, 0.2) is 24.3 Å². The molecule has 2 spiro atoms. The number of nitrogens with one attached hydrogen (secondary N) is 1. The SMILES string of the molecule is COCCN1CC2(CCN(C(=O)c3ccc(OC)cc3)CC2)[C@@]2(CCNC2=O)C1. The van der Waals surface area contributed by atoms with Crippen LogP contribution in [-0.4, -0.2) is 81.7 Å². The van der Waals surface area contributed by atoms with E-state index in [2.05, 4.69) is 10.2 Å². The summed E-state index contributed by atoms with van der Waals surface area (Å²) in [6.07, 6.45) is 2.62. The fourth-order valence-electron chi connectivity index (χ4n) is 5.58. The number of methoxy groups -OCH3 is 2. The van der Waals surface area contributed by atoms with Gasteiger partial charge < -0.3 is 19.7 Å². The largest absolute Gasteiger partial charge is 0.497 e. The maximum atomic E-state index is 13.0. The normalized spacial score (nSPS) is 26.3. The van der Waals surface area contributed by atoms with E-state index in [1.54, 1.807) is 14.2 Å². The van der Waals surface area contributed by atoms with E-state index in [0.29, 0.717) is 25.3 Å². The molecule has 3 saturated heterocycles. The van der Waals surface area contributed by atoms with Gasteiger partial charge in [-0.15, -0.1) is 0 Å². The van der Waals surface area contributed by atoms with Crippen LogP contribution in [0.4, 0.5) is 0 Å². The van der Waals surface area contributed by atoms with Crippen LogP contribution in [0.2, 0.25) is 0 Å². The summed E-state index contributed by atoms with van der Waals surface area (Å²) in [4.78, 5) is 30.2. The van der Waals surface area contributed by atoms with Crippen molar-refractivity contribution in [2.45, 2.75) is 19.3 Å². The van der Waals surface area contributed by atoms with Crippen molar-refractivity contribution in [2.75, 3.05) is 60.1 Å². The summed E-state index contributed by atoms with van der Waals surface area (Å²) in [5.74, 6) is 1.00. The molecule has 1 atom stereocenters. The Kier molecular flexibility index (Phi) is 5.53. The zero-order chi connectivity index (χ0) is 20.5. The summed E-state index contributed by atoms with van der Waals surface area (Å²) >= 11 is 0. The summed E-state index contributed by atoms with van der Waals surface area (Å²) in [6.45, 7) is 5.38. The highest BCUT2D eigenvalue weighted by atomic mass is 16.5. The standard InChI is InChI=1S/C22H31N3O4/c1-28-14-13-24-15-21(22(16-24)7-10-23-20(22)27)8-11-25(12-9-21)19(26)17-3-5-18(29-2)6-4-17/h3-6H,7-16H2,1-2H3,(H,23,27)/t22-/m0/s1. The predicted molar refractivity (Wildman–Crippen MR) is 109 cm³/mol. The van der Waals surface area contributed by atoms with Gasteiger partial charge in [0.25, 0.3) is 5.91 Å². The number of fused-ring (bicyclic) bond motifs is 1. The lowest BCUT2D eigenvalue weighted by Gasteiger charge is -2.46. The average molecular weight is 402 g/mol. The zero-order valence-corrected chi connectivity index (χ0v) is 17.4. The summed E-state index contributed by atoms with van der Waals surface area (Å²) < 4.78 is 10.5. The van der Waals surface area contributed by atoms with Gasteiger partial charge in [0.05, 0.1) is 19.1 Å². The lowest BCUT2D eigenvalue weighted by molar-refractivity contribution is -0.133. The highest BCUT2D eigenvalue weighted by Crippen LogP contribution is 2.56. The van der Waals surface area contributed by atoms with Gasteiger partial charge in [0, 0.05) is 57.4 Å². The molecule has 0 radical (unpaired) electrons. The number of piperidine rings is 1. The van der Waals surface area contributed by atoms with Crippen LogP contribution in [0.1, 0.15) is 29.6 Å². The van der Waals surface area contributed by atoms with Crippen molar-refractivity contribution in [1.82, 2.24) is 15.1 Å². The maximum absolute atomic E-state index is 13.0. The van der Waals surface area contributed by atoms with Gasteiger partial charge >= 0.3 is 0 Å². The first kappa shape index (κ1) is 20.2. The minimum Gasteiger partial charge on any atom is -0.497 e. The maximum Gasteiger partial charge on any atom is 0.253 e. The van der Waals surface area contributed by atoms with Gasteiger partial charge in [-0.2, -0.15) is 0 Å². The number of carbonyl (C=O) groups excluding carboxylic acids is 2. The first-order valence-electron chi connectivity index (χ1n) is 10.5. The van der Waals surface area contributed by atoms with Crippen LogP contribution in [0.5, 0.6) is 5.75 Å². The second-order valence-electron chi connectivity index (χ2n) is 8.59. The molecule has 0 aliphatic carbocycles. The Bertz CT molecular complexity index is 758. The number of ether oxygens (including phenoxy) is 2. The Morgan fingerprint density at radius 1 is 1.10 bits per heavy atom. The van der Waals surface area contributed by atoms with Gasteiger partial charge in [-0.05, 0) is 43.5 Å². The molecule has 3 heterocycles. The molecule has 0 saturated carbocycles. The van der Waals surface area contributed by atoms with Gasteiger partial charge in [0.2, 0.25) is 5.91 Å². The number of amides is 2. The van der Waals surface area contributed by atoms with Crippen LogP contribution < -0.4 is 10.1 Å². The Hall–Kier alpha value is -2.12. The van der Waals surface area contributed by atoms with Crippen molar-refractivity contribution in [1.29, 1.82) is 0 Å². The van der Waals surface area contributed by atoms with Crippen LogP contribution in [0.25, 0.3) is 0 Å². The zero-order valence-electron chi connectivity index (χ0n) is 17.4. The smallest absolute Gasteiger partial charge is 0.253 e. The third kappa shape index (κ3) is 3.40. The van der Waals surface area contributed by atoms with Crippen LogP contribution >= 0.6 is 0 Å². The quantitative estimate of drug-likeness (QED) is 0.807. The van der Waals surface area contributed by atoms with Crippen molar-refractivity contribution in [3.05, 3.63) is 29.8 Å². The molecule has 1 N–H and O–H groups in total. The molecule has 3 aliphatic rings. The Morgan fingerprint density at radius 2 is 1.83 bits per heavy atom. The Balaban J connectivity index is 1.48. The molecule has 7 nitrogen and oxygen atoms in total. The lowest BCUT2D eigenvalue weighted by Crippen LogP contribution is -2.53. The molecule has 4 rings (SSSR count). The Morgan fingerprint density at radius 3 is 2.41 bits per heavy atom. The number of nitrogens with zero attached hydrogens (tertiary/aromatic N) is 2. The van der Waals surface area contributed by atoms with Gasteiger partial charge in [0.1, 0.15) is 5.75 Å². The summed E-state index contributed by atoms with van der Waals surface area (Å²) in [5, 5.41) is 3.08. The second-order valence-corrected chi connectivity index (χ2v) is 8.59. The predicted octanol–water partition coefficient (Wildman–Crippen LogP) is 1.39. The molecule has 0 unspecified atom stereocenters. The molecule has 2 amide bonds.